The van der Waals surface area contributed by atoms with Crippen LogP contribution in [0.3, 0.4) is 0 Å². The molecule has 0 amide bonds. The summed E-state index contributed by atoms with van der Waals surface area (Å²) in [6.45, 7) is 0. The summed E-state index contributed by atoms with van der Waals surface area (Å²) < 4.78 is 12.4. The first kappa shape index (κ1) is 8.39. The Bertz CT molecular complexity index is 333. The Morgan fingerprint density at radius 2 is 2.00 bits per heavy atom. The van der Waals surface area contributed by atoms with Crippen LogP contribution in [0, 0.1) is 5.82 Å². The minimum Gasteiger partial charge on any atom is -0.475 e. The number of hydrogen-bond donors (Lipinski definition) is 1. The van der Waals surface area contributed by atoms with E-state index in [4.69, 9.17) is 5.11 Å². The van der Waals surface area contributed by atoms with Crippen molar-refractivity contribution in [3.8, 4) is 0 Å². The van der Waals surface area contributed by atoms with Crippen LogP contribution in [0.5, 0.6) is 0 Å². The Kier molecular flexibility index (Phi) is 2.19. The summed E-state index contributed by atoms with van der Waals surface area (Å²) in [7, 11) is 0. The van der Waals surface area contributed by atoms with Gasteiger partial charge >= 0.3 is 5.97 Å². The number of rotatable bonds is 2. The number of carbonyl (C=O) groups is 2. The zero-order chi connectivity index (χ0) is 9.14. The smallest absolute Gasteiger partial charge is 0.377 e. The predicted molar refractivity (Wildman–Crippen MR) is 38.4 cm³/mol. The zero-order valence-corrected chi connectivity index (χ0v) is 5.95. The molecule has 0 bridgehead atoms. The van der Waals surface area contributed by atoms with E-state index in [-0.39, 0.29) is 5.56 Å². The highest BCUT2D eigenvalue weighted by molar-refractivity contribution is 6.39. The fraction of sp³-hybridized carbons (Fsp3) is 0. The van der Waals surface area contributed by atoms with Crippen molar-refractivity contribution in [2.45, 2.75) is 0 Å². The van der Waals surface area contributed by atoms with Gasteiger partial charge in [0, 0.05) is 5.56 Å². The molecule has 62 valence electrons. The van der Waals surface area contributed by atoms with Crippen LogP contribution in [0.2, 0.25) is 0 Å². The fourth-order valence-corrected chi connectivity index (χ4v) is 0.753. The van der Waals surface area contributed by atoms with Crippen LogP contribution in [0.1, 0.15) is 10.4 Å². The highest BCUT2D eigenvalue weighted by Crippen LogP contribution is 2.03. The quantitative estimate of drug-likeness (QED) is 0.531. The molecule has 0 aliphatic heterocycles. The van der Waals surface area contributed by atoms with Gasteiger partial charge in [-0.25, -0.2) is 9.18 Å². The molecular weight excluding hydrogens is 163 g/mol. The maximum absolute atomic E-state index is 12.4. The predicted octanol–water partition coefficient (Wildman–Crippen LogP) is 1.09. The van der Waals surface area contributed by atoms with Gasteiger partial charge in [-0.05, 0) is 12.1 Å². The minimum absolute atomic E-state index is 0.150. The number of Topliss-reactive ketones (excluding diaryl/α,β-unsaturated/α-hetero) is 1. The molecule has 0 heterocycles. The first-order valence-corrected chi connectivity index (χ1v) is 3.14. The van der Waals surface area contributed by atoms with Gasteiger partial charge < -0.3 is 5.11 Å². The molecule has 0 radical (unpaired) electrons. The van der Waals surface area contributed by atoms with Gasteiger partial charge in [0.2, 0.25) is 0 Å². The number of benzene rings is 1. The average molecular weight is 168 g/mol. The van der Waals surface area contributed by atoms with Gasteiger partial charge in [-0.2, -0.15) is 0 Å². The van der Waals surface area contributed by atoms with Crippen LogP contribution < -0.4 is 0 Å². The Morgan fingerprint density at radius 1 is 1.33 bits per heavy atom. The van der Waals surface area contributed by atoms with E-state index < -0.39 is 17.6 Å². The van der Waals surface area contributed by atoms with Crippen LogP contribution >= 0.6 is 0 Å². The molecule has 0 aromatic heterocycles. The normalized spacial score (nSPS) is 9.42. The first-order valence-electron chi connectivity index (χ1n) is 3.14. The largest absolute Gasteiger partial charge is 0.475 e. The maximum atomic E-state index is 12.4. The van der Waals surface area contributed by atoms with Crippen LogP contribution in [0.25, 0.3) is 0 Å². The number of ketones is 1. The number of halogens is 1. The van der Waals surface area contributed by atoms with Crippen LogP contribution in [0.15, 0.2) is 24.3 Å². The maximum Gasteiger partial charge on any atom is 0.377 e. The second-order valence-electron chi connectivity index (χ2n) is 2.14. The van der Waals surface area contributed by atoms with E-state index >= 15 is 0 Å². The van der Waals surface area contributed by atoms with Gasteiger partial charge in [-0.15, -0.1) is 0 Å². The van der Waals surface area contributed by atoms with Crippen molar-refractivity contribution in [3.63, 3.8) is 0 Å². The van der Waals surface area contributed by atoms with E-state index in [1.54, 1.807) is 0 Å². The molecule has 3 nitrogen and oxygen atoms in total. The third-order valence-electron chi connectivity index (χ3n) is 1.28. The van der Waals surface area contributed by atoms with Gasteiger partial charge in [0.15, 0.2) is 0 Å². The Labute approximate surface area is 67.4 Å². The molecule has 0 spiro atoms. The number of carbonyl (C=O) groups excluding carboxylic acids is 1. The standard InChI is InChI=1S/C8H5FO3/c9-6-3-1-2-5(4-6)7(10)8(11)12/h1-4H,(H,11,12). The molecule has 0 saturated heterocycles. The zero-order valence-electron chi connectivity index (χ0n) is 5.95. The SMILES string of the molecule is O=C(O)C(=O)c1cccc(F)c1. The summed E-state index contributed by atoms with van der Waals surface area (Å²) in [6.07, 6.45) is 0. The Hall–Kier alpha value is -1.71. The van der Waals surface area contributed by atoms with Gasteiger partial charge in [-0.3, -0.25) is 4.79 Å². The molecule has 0 aliphatic carbocycles. The number of hydrogen-bond acceptors (Lipinski definition) is 2. The molecule has 0 saturated carbocycles. The highest BCUT2D eigenvalue weighted by Gasteiger charge is 2.13. The molecule has 12 heavy (non-hydrogen) atoms. The molecule has 0 aliphatic rings. The molecule has 1 N–H and O–H groups in total. The van der Waals surface area contributed by atoms with E-state index in [9.17, 15) is 14.0 Å². The average Bonchev–Trinajstić information content (AvgIpc) is 2.03. The molecule has 0 fully saturated rings. The van der Waals surface area contributed by atoms with Crippen molar-refractivity contribution in [3.05, 3.63) is 35.6 Å². The van der Waals surface area contributed by atoms with Crippen molar-refractivity contribution in [2.24, 2.45) is 0 Å². The number of aliphatic carboxylic acids is 1. The summed E-state index contributed by atoms with van der Waals surface area (Å²) >= 11 is 0. The molecule has 1 rings (SSSR count). The molecule has 1 aromatic carbocycles. The lowest BCUT2D eigenvalue weighted by Gasteiger charge is -1.94. The summed E-state index contributed by atoms with van der Waals surface area (Å²) in [5.41, 5.74) is -0.150. The van der Waals surface area contributed by atoms with Crippen molar-refractivity contribution < 1.29 is 19.1 Å². The van der Waals surface area contributed by atoms with Crippen molar-refractivity contribution in [1.82, 2.24) is 0 Å². The summed E-state index contributed by atoms with van der Waals surface area (Å²) in [5.74, 6) is -3.31. The Balaban J connectivity index is 3.04. The van der Waals surface area contributed by atoms with E-state index in [1.807, 2.05) is 0 Å². The summed E-state index contributed by atoms with van der Waals surface area (Å²) in [6, 6.07) is 4.56. The molecule has 0 atom stereocenters. The number of carboxylic acids is 1. The molecular formula is C8H5FO3. The van der Waals surface area contributed by atoms with Crippen LogP contribution in [-0.4, -0.2) is 16.9 Å². The first-order chi connectivity index (χ1) is 5.61. The third-order valence-corrected chi connectivity index (χ3v) is 1.28. The van der Waals surface area contributed by atoms with Gasteiger partial charge in [-0.1, -0.05) is 12.1 Å². The fourth-order valence-electron chi connectivity index (χ4n) is 0.753. The molecule has 0 unspecified atom stereocenters. The Morgan fingerprint density at radius 3 is 2.50 bits per heavy atom. The van der Waals surface area contributed by atoms with E-state index in [2.05, 4.69) is 0 Å². The van der Waals surface area contributed by atoms with Crippen molar-refractivity contribution in [1.29, 1.82) is 0 Å². The van der Waals surface area contributed by atoms with E-state index in [0.29, 0.717) is 0 Å². The lowest BCUT2D eigenvalue weighted by molar-refractivity contribution is -0.131. The highest BCUT2D eigenvalue weighted by atomic mass is 19.1. The van der Waals surface area contributed by atoms with Gasteiger partial charge in [0.1, 0.15) is 5.82 Å². The second-order valence-corrected chi connectivity index (χ2v) is 2.14. The summed E-state index contributed by atoms with van der Waals surface area (Å²) in [5, 5.41) is 8.25. The monoisotopic (exact) mass is 168 g/mol. The lowest BCUT2D eigenvalue weighted by atomic mass is 10.1. The van der Waals surface area contributed by atoms with Gasteiger partial charge in [0.25, 0.3) is 5.78 Å². The summed E-state index contributed by atoms with van der Waals surface area (Å²) in [4.78, 5) is 20.9. The van der Waals surface area contributed by atoms with Gasteiger partial charge in [0.05, 0.1) is 0 Å². The van der Waals surface area contributed by atoms with Crippen LogP contribution in [0.4, 0.5) is 4.39 Å². The third kappa shape index (κ3) is 1.66. The lowest BCUT2D eigenvalue weighted by Crippen LogP contribution is -2.12. The second kappa shape index (κ2) is 3.13. The topological polar surface area (TPSA) is 54.4 Å². The number of carboxylic acid groups (broad SMARTS) is 1. The van der Waals surface area contributed by atoms with Crippen LogP contribution in [-0.2, 0) is 4.79 Å². The molecule has 4 heteroatoms. The molecule has 1 aromatic rings. The minimum atomic E-state index is -1.58. The van der Waals surface area contributed by atoms with E-state index in [1.165, 1.54) is 12.1 Å². The van der Waals surface area contributed by atoms with E-state index in [0.717, 1.165) is 12.1 Å². The van der Waals surface area contributed by atoms with Crippen molar-refractivity contribution >= 4 is 11.8 Å². The van der Waals surface area contributed by atoms with Crippen molar-refractivity contribution in [2.75, 3.05) is 0 Å².